The summed E-state index contributed by atoms with van der Waals surface area (Å²) in [6, 6.07) is 17.7. The van der Waals surface area contributed by atoms with E-state index in [1.54, 1.807) is 12.1 Å². The van der Waals surface area contributed by atoms with Crippen molar-refractivity contribution in [3.63, 3.8) is 0 Å². The maximum Gasteiger partial charge on any atom is 0.229 e. The lowest BCUT2D eigenvalue weighted by molar-refractivity contribution is 0.607. The highest BCUT2D eigenvalue weighted by Gasteiger charge is 2.30. The molecule has 6 heteroatoms. The van der Waals surface area contributed by atoms with E-state index in [0.717, 1.165) is 11.8 Å². The number of rotatable bonds is 4. The monoisotopic (exact) mass is 365 g/mol. The summed E-state index contributed by atoms with van der Waals surface area (Å²) < 4.78 is 25.2. The van der Waals surface area contributed by atoms with Gasteiger partial charge in [-0.3, -0.25) is 14.7 Å². The lowest BCUT2D eigenvalue weighted by atomic mass is 9.87. The Morgan fingerprint density at radius 3 is 2.27 bits per heavy atom. The average molecular weight is 365 g/mol. The van der Waals surface area contributed by atoms with E-state index in [1.165, 1.54) is 11.1 Å². The third-order valence-corrected chi connectivity index (χ3v) is 5.16. The molecule has 3 unspecified atom stereocenters. The average Bonchev–Trinajstić information content (AvgIpc) is 3.05. The first-order valence-corrected chi connectivity index (χ1v) is 10.3. The highest BCUT2D eigenvalue weighted by Crippen LogP contribution is 2.37. The van der Waals surface area contributed by atoms with Crippen LogP contribution in [-0.2, 0) is 10.0 Å². The summed E-state index contributed by atoms with van der Waals surface area (Å²) in [5.41, 5.74) is 4.01. The first-order chi connectivity index (χ1) is 12.5. The van der Waals surface area contributed by atoms with Crippen LogP contribution >= 0.6 is 0 Å². The smallest absolute Gasteiger partial charge is 0.229 e. The minimum absolute atomic E-state index is 0.0657. The molecule has 0 saturated carbocycles. The second-order valence-electron chi connectivity index (χ2n) is 6.55. The zero-order valence-electron chi connectivity index (χ0n) is 14.3. The van der Waals surface area contributed by atoms with Crippen molar-refractivity contribution in [2.24, 2.45) is 9.98 Å². The molecule has 2 aromatic rings. The summed E-state index contributed by atoms with van der Waals surface area (Å²) in [7, 11) is -3.27. The van der Waals surface area contributed by atoms with Gasteiger partial charge >= 0.3 is 0 Å². The Balaban J connectivity index is 1.60. The normalized spacial score (nSPS) is 24.2. The molecule has 1 N–H and O–H groups in total. The topological polar surface area (TPSA) is 70.9 Å². The number of anilines is 1. The molecule has 4 rings (SSSR count). The molecule has 0 bridgehead atoms. The second kappa shape index (κ2) is 6.53. The number of hydrogen-bond donors (Lipinski definition) is 1. The SMILES string of the molecule is CS(=O)(=O)Nc1ccc(C2C=NC3N=CC(c4ccccc4)C=C32)cc1. The quantitative estimate of drug-likeness (QED) is 0.844. The van der Waals surface area contributed by atoms with Crippen molar-refractivity contribution >= 4 is 28.1 Å². The predicted octanol–water partition coefficient (Wildman–Crippen LogP) is 3.35. The van der Waals surface area contributed by atoms with Crippen LogP contribution in [0.1, 0.15) is 23.0 Å². The van der Waals surface area contributed by atoms with Crippen molar-refractivity contribution in [1.82, 2.24) is 0 Å². The number of benzene rings is 2. The fraction of sp³-hybridized carbons (Fsp3) is 0.200. The van der Waals surface area contributed by atoms with Gasteiger partial charge in [0.2, 0.25) is 10.0 Å². The largest absolute Gasteiger partial charge is 0.284 e. The number of nitrogens with zero attached hydrogens (tertiary/aromatic N) is 2. The molecule has 0 aliphatic carbocycles. The summed E-state index contributed by atoms with van der Waals surface area (Å²) in [6.07, 6.45) is 7.13. The van der Waals surface area contributed by atoms with Gasteiger partial charge in [-0.25, -0.2) is 8.42 Å². The molecule has 0 saturated heterocycles. The van der Waals surface area contributed by atoms with Crippen LogP contribution in [0, 0.1) is 0 Å². The fourth-order valence-electron chi connectivity index (χ4n) is 3.35. The van der Waals surface area contributed by atoms with Crippen molar-refractivity contribution in [3.8, 4) is 0 Å². The van der Waals surface area contributed by atoms with E-state index in [0.29, 0.717) is 5.69 Å². The zero-order chi connectivity index (χ0) is 18.1. The molecule has 0 spiro atoms. The van der Waals surface area contributed by atoms with Crippen LogP contribution in [0.3, 0.4) is 0 Å². The van der Waals surface area contributed by atoms with Crippen molar-refractivity contribution in [2.75, 3.05) is 11.0 Å². The van der Waals surface area contributed by atoms with Gasteiger partial charge in [0.15, 0.2) is 6.17 Å². The molecule has 2 aliphatic heterocycles. The first kappa shape index (κ1) is 16.7. The third-order valence-electron chi connectivity index (χ3n) is 4.55. The van der Waals surface area contributed by atoms with Gasteiger partial charge in [0.25, 0.3) is 0 Å². The first-order valence-electron chi connectivity index (χ1n) is 8.40. The highest BCUT2D eigenvalue weighted by atomic mass is 32.2. The van der Waals surface area contributed by atoms with Crippen molar-refractivity contribution in [1.29, 1.82) is 0 Å². The predicted molar refractivity (Wildman–Crippen MR) is 106 cm³/mol. The molecule has 26 heavy (non-hydrogen) atoms. The summed E-state index contributed by atoms with van der Waals surface area (Å²) in [5, 5.41) is 0. The van der Waals surface area contributed by atoms with Crippen LogP contribution in [0.25, 0.3) is 0 Å². The Morgan fingerprint density at radius 1 is 0.885 bits per heavy atom. The number of dihydropyridines is 1. The Bertz CT molecular complexity index is 993. The second-order valence-corrected chi connectivity index (χ2v) is 8.30. The van der Waals surface area contributed by atoms with Crippen LogP contribution < -0.4 is 4.72 Å². The fourth-order valence-corrected chi connectivity index (χ4v) is 3.91. The number of nitrogens with one attached hydrogen (secondary N) is 1. The van der Waals surface area contributed by atoms with Gasteiger partial charge in [0.05, 0.1) is 6.26 Å². The summed E-state index contributed by atoms with van der Waals surface area (Å²) in [6.45, 7) is 0. The van der Waals surface area contributed by atoms with Crippen LogP contribution in [0.2, 0.25) is 0 Å². The third kappa shape index (κ3) is 3.46. The number of sulfonamides is 1. The maximum absolute atomic E-state index is 11.3. The van der Waals surface area contributed by atoms with Crippen LogP contribution in [-0.4, -0.2) is 33.3 Å². The molecule has 0 fully saturated rings. The van der Waals surface area contributed by atoms with E-state index in [2.05, 4.69) is 32.9 Å². The van der Waals surface area contributed by atoms with Gasteiger partial charge in [-0.1, -0.05) is 48.5 Å². The van der Waals surface area contributed by atoms with E-state index in [-0.39, 0.29) is 18.0 Å². The van der Waals surface area contributed by atoms with Gasteiger partial charge in [-0.15, -0.1) is 0 Å². The summed E-state index contributed by atoms with van der Waals surface area (Å²) in [5.74, 6) is 0.216. The number of fused-ring (bicyclic) bond motifs is 1. The van der Waals surface area contributed by atoms with Crippen molar-refractivity contribution in [3.05, 3.63) is 77.4 Å². The molecular formula is C20H19N3O2S. The number of aliphatic imine (C=N–C) groups is 2. The van der Waals surface area contributed by atoms with Crippen LogP contribution in [0.15, 0.2) is 76.2 Å². The van der Waals surface area contributed by atoms with Crippen LogP contribution in [0.5, 0.6) is 0 Å². The molecule has 0 amide bonds. The summed E-state index contributed by atoms with van der Waals surface area (Å²) >= 11 is 0. The van der Waals surface area contributed by atoms with Gasteiger partial charge in [-0.2, -0.15) is 0 Å². The molecule has 2 aliphatic rings. The molecule has 2 aromatic carbocycles. The van der Waals surface area contributed by atoms with Crippen molar-refractivity contribution in [2.45, 2.75) is 18.0 Å². The molecular weight excluding hydrogens is 346 g/mol. The van der Waals surface area contributed by atoms with Crippen molar-refractivity contribution < 1.29 is 8.42 Å². The molecule has 132 valence electrons. The Hall–Kier alpha value is -2.73. The van der Waals surface area contributed by atoms with E-state index < -0.39 is 10.0 Å². The zero-order valence-corrected chi connectivity index (χ0v) is 15.1. The minimum Gasteiger partial charge on any atom is -0.284 e. The number of hydrogen-bond acceptors (Lipinski definition) is 4. The lowest BCUT2D eigenvalue weighted by Crippen LogP contribution is -2.15. The molecule has 5 nitrogen and oxygen atoms in total. The Morgan fingerprint density at radius 2 is 1.58 bits per heavy atom. The van der Waals surface area contributed by atoms with Gasteiger partial charge in [0, 0.05) is 30.0 Å². The molecule has 3 atom stereocenters. The van der Waals surface area contributed by atoms with Gasteiger partial charge < -0.3 is 0 Å². The minimum atomic E-state index is -3.27. The number of allylic oxidation sites excluding steroid dienone is 1. The van der Waals surface area contributed by atoms with E-state index in [4.69, 9.17) is 0 Å². The molecule has 0 aromatic heterocycles. The van der Waals surface area contributed by atoms with Gasteiger partial charge in [0.1, 0.15) is 0 Å². The Kier molecular flexibility index (Phi) is 4.20. The van der Waals surface area contributed by atoms with E-state index in [1.807, 2.05) is 42.8 Å². The molecule has 2 heterocycles. The lowest BCUT2D eigenvalue weighted by Gasteiger charge is -2.21. The molecule has 0 radical (unpaired) electrons. The maximum atomic E-state index is 11.3. The van der Waals surface area contributed by atoms with E-state index >= 15 is 0 Å². The van der Waals surface area contributed by atoms with Crippen LogP contribution in [0.4, 0.5) is 5.69 Å². The Labute approximate surface area is 153 Å². The van der Waals surface area contributed by atoms with Gasteiger partial charge in [-0.05, 0) is 28.8 Å². The highest BCUT2D eigenvalue weighted by molar-refractivity contribution is 7.92. The summed E-state index contributed by atoms with van der Waals surface area (Å²) in [4.78, 5) is 9.13. The van der Waals surface area contributed by atoms with E-state index in [9.17, 15) is 8.42 Å². The standard InChI is InChI=1S/C20H19N3O2S/c1-26(24,25)23-17-9-7-15(8-10-17)19-13-22-20-18(19)11-16(12-21-20)14-5-3-2-4-6-14/h2-13,16,19-20,23H,1H3.